The first-order valence-corrected chi connectivity index (χ1v) is 12.1. The highest BCUT2D eigenvalue weighted by Gasteiger charge is 2.40. The van der Waals surface area contributed by atoms with Crippen LogP contribution in [0.5, 0.6) is 0 Å². The molecule has 1 aromatic heterocycles. The van der Waals surface area contributed by atoms with Crippen LogP contribution in [-0.4, -0.2) is 40.3 Å². The fourth-order valence-corrected chi connectivity index (χ4v) is 4.51. The topological polar surface area (TPSA) is 79.7 Å². The zero-order valence-corrected chi connectivity index (χ0v) is 20.9. The third-order valence-electron chi connectivity index (χ3n) is 6.30. The number of hydrogen-bond donors (Lipinski definition) is 0. The van der Waals surface area contributed by atoms with Crippen LogP contribution in [0.4, 0.5) is 4.39 Å². The molecule has 3 atom stereocenters. The van der Waals surface area contributed by atoms with Gasteiger partial charge in [-0.3, -0.25) is 0 Å². The Morgan fingerprint density at radius 3 is 2.30 bits per heavy atom. The largest absolute Gasteiger partial charge is 0.459 e. The van der Waals surface area contributed by atoms with Gasteiger partial charge in [-0.15, -0.1) is 0 Å². The third kappa shape index (κ3) is 5.35. The number of carbonyl (C=O) groups is 2. The molecule has 0 N–H and O–H groups in total. The zero-order valence-electron chi connectivity index (χ0n) is 20.2. The quantitative estimate of drug-likeness (QED) is 0.297. The number of esters is 2. The predicted molar refractivity (Wildman–Crippen MR) is 135 cm³/mol. The van der Waals surface area contributed by atoms with Gasteiger partial charge in [0.2, 0.25) is 0 Å². The zero-order chi connectivity index (χ0) is 26.1. The number of halogens is 2. The highest BCUT2D eigenvalue weighted by Crippen LogP contribution is 2.35. The molecule has 4 aromatic rings. The number of aryl methyl sites for hydroxylation is 2. The summed E-state index contributed by atoms with van der Waals surface area (Å²) in [7, 11) is 0. The number of ether oxygens (including phenoxy) is 3. The number of imidazole rings is 1. The monoisotopic (exact) mass is 522 g/mol. The first-order valence-electron chi connectivity index (χ1n) is 11.8. The van der Waals surface area contributed by atoms with Crippen LogP contribution in [0.2, 0.25) is 5.02 Å². The van der Waals surface area contributed by atoms with Crippen molar-refractivity contribution >= 4 is 34.6 Å². The Hall–Kier alpha value is -3.75. The molecule has 9 heteroatoms. The maximum Gasteiger partial charge on any atom is 0.338 e. The lowest BCUT2D eigenvalue weighted by Gasteiger charge is -2.19. The Morgan fingerprint density at radius 1 is 1.03 bits per heavy atom. The fourth-order valence-electron chi connectivity index (χ4n) is 4.26. The summed E-state index contributed by atoms with van der Waals surface area (Å²) in [5.41, 5.74) is 3.70. The third-order valence-corrected chi connectivity index (χ3v) is 6.59. The van der Waals surface area contributed by atoms with Gasteiger partial charge >= 0.3 is 11.9 Å². The van der Waals surface area contributed by atoms with Crippen molar-refractivity contribution in [1.29, 1.82) is 0 Å². The second-order valence-electron chi connectivity index (χ2n) is 9.05. The molecule has 37 heavy (non-hydrogen) atoms. The molecule has 190 valence electrons. The molecule has 0 radical (unpaired) electrons. The number of fused-ring (bicyclic) bond motifs is 1. The van der Waals surface area contributed by atoms with Gasteiger partial charge in [0.25, 0.3) is 0 Å². The van der Waals surface area contributed by atoms with Gasteiger partial charge in [0, 0.05) is 6.42 Å². The molecule has 0 unspecified atom stereocenters. The molecular formula is C28H24ClFN2O5. The van der Waals surface area contributed by atoms with E-state index in [0.29, 0.717) is 22.2 Å². The Morgan fingerprint density at radius 2 is 1.65 bits per heavy atom. The molecule has 5 rings (SSSR count). The van der Waals surface area contributed by atoms with Crippen LogP contribution < -0.4 is 0 Å². The summed E-state index contributed by atoms with van der Waals surface area (Å²) in [5, 5.41) is 0.178. The van der Waals surface area contributed by atoms with E-state index in [-0.39, 0.29) is 18.1 Å². The SMILES string of the molecule is Cc1ccc(C(=O)OC[C@H]2O[C@@H](n3cnc4c(Cl)cc(F)cc43)C[C@@H]2OC(=O)c2ccc(C)cc2)cc1. The molecule has 7 nitrogen and oxygen atoms in total. The normalized spacial score (nSPS) is 19.2. The van der Waals surface area contributed by atoms with E-state index in [0.717, 1.165) is 11.1 Å². The molecule has 0 aliphatic carbocycles. The molecule has 1 aliphatic rings. The number of hydrogen-bond acceptors (Lipinski definition) is 6. The van der Waals surface area contributed by atoms with E-state index in [1.807, 2.05) is 38.1 Å². The van der Waals surface area contributed by atoms with Crippen LogP contribution >= 0.6 is 11.6 Å². The van der Waals surface area contributed by atoms with Crippen molar-refractivity contribution in [3.8, 4) is 0 Å². The van der Waals surface area contributed by atoms with Crippen molar-refractivity contribution in [1.82, 2.24) is 9.55 Å². The molecule has 0 bridgehead atoms. The molecule has 1 saturated heterocycles. The summed E-state index contributed by atoms with van der Waals surface area (Å²) in [5.74, 6) is -1.55. The van der Waals surface area contributed by atoms with Gasteiger partial charge in [-0.05, 0) is 50.2 Å². The number of aromatic nitrogens is 2. The van der Waals surface area contributed by atoms with E-state index in [2.05, 4.69) is 4.98 Å². The van der Waals surface area contributed by atoms with Crippen molar-refractivity contribution in [2.45, 2.75) is 38.7 Å². The molecular weight excluding hydrogens is 499 g/mol. The smallest absolute Gasteiger partial charge is 0.338 e. The Labute approximate surface area is 217 Å². The van der Waals surface area contributed by atoms with Crippen LogP contribution in [0.15, 0.2) is 67.0 Å². The molecule has 1 fully saturated rings. The minimum atomic E-state index is -0.754. The maximum atomic E-state index is 14.1. The number of rotatable bonds is 6. The van der Waals surface area contributed by atoms with Gasteiger partial charge in [-0.1, -0.05) is 47.0 Å². The molecule has 0 amide bonds. The number of carbonyl (C=O) groups excluding carboxylic acids is 2. The lowest BCUT2D eigenvalue weighted by atomic mass is 10.1. The van der Waals surface area contributed by atoms with Crippen molar-refractivity contribution in [2.75, 3.05) is 6.61 Å². The minimum Gasteiger partial charge on any atom is -0.459 e. The summed E-state index contributed by atoms with van der Waals surface area (Å²) in [6.45, 7) is 3.71. The van der Waals surface area contributed by atoms with E-state index in [1.54, 1.807) is 28.8 Å². The van der Waals surface area contributed by atoms with Gasteiger partial charge in [0.15, 0.2) is 0 Å². The lowest BCUT2D eigenvalue weighted by molar-refractivity contribution is -0.0562. The van der Waals surface area contributed by atoms with E-state index < -0.39 is 36.2 Å². The van der Waals surface area contributed by atoms with Crippen molar-refractivity contribution in [3.05, 3.63) is 100 Å². The summed E-state index contributed by atoms with van der Waals surface area (Å²) in [4.78, 5) is 29.8. The molecule has 1 aliphatic heterocycles. The van der Waals surface area contributed by atoms with Crippen molar-refractivity contribution < 1.29 is 28.2 Å². The fraction of sp³-hybridized carbons (Fsp3) is 0.250. The van der Waals surface area contributed by atoms with Gasteiger partial charge in [0.1, 0.15) is 36.4 Å². The molecule has 0 saturated carbocycles. The first kappa shape index (κ1) is 24.9. The summed E-state index contributed by atoms with van der Waals surface area (Å²) < 4.78 is 33.2. The average molecular weight is 523 g/mol. The van der Waals surface area contributed by atoms with Crippen LogP contribution in [0.3, 0.4) is 0 Å². The molecule has 2 heterocycles. The van der Waals surface area contributed by atoms with Gasteiger partial charge < -0.3 is 18.8 Å². The highest BCUT2D eigenvalue weighted by molar-refractivity contribution is 6.34. The van der Waals surface area contributed by atoms with Crippen LogP contribution in [0.25, 0.3) is 11.0 Å². The Bertz CT molecular complexity index is 1450. The summed E-state index contributed by atoms with van der Waals surface area (Å²) >= 11 is 6.16. The van der Waals surface area contributed by atoms with E-state index in [1.165, 1.54) is 18.5 Å². The van der Waals surface area contributed by atoms with Gasteiger partial charge in [0.05, 0.1) is 28.0 Å². The minimum absolute atomic E-state index is 0.142. The standard InChI is InChI=1S/C28H24ClFN2O5/c1-16-3-7-18(8-4-16)27(33)35-14-24-23(37-28(34)19-9-5-17(2)6-10-19)13-25(36-24)32-15-31-26-21(29)11-20(30)12-22(26)32/h3-12,15,23-25H,13-14H2,1-2H3/t23-,24+,25+/m0/s1. The summed E-state index contributed by atoms with van der Waals surface area (Å²) in [6, 6.07) is 16.5. The first-order chi connectivity index (χ1) is 17.8. The van der Waals surface area contributed by atoms with Crippen molar-refractivity contribution in [2.24, 2.45) is 0 Å². The van der Waals surface area contributed by atoms with Crippen LogP contribution in [0, 0.1) is 19.7 Å². The van der Waals surface area contributed by atoms with Crippen LogP contribution in [-0.2, 0) is 14.2 Å². The molecule has 0 spiro atoms. The van der Waals surface area contributed by atoms with Gasteiger partial charge in [-0.2, -0.15) is 0 Å². The Kier molecular flexibility index (Phi) is 6.95. The number of benzene rings is 3. The highest BCUT2D eigenvalue weighted by atomic mass is 35.5. The van der Waals surface area contributed by atoms with Gasteiger partial charge in [-0.25, -0.2) is 19.0 Å². The second kappa shape index (κ2) is 10.3. The second-order valence-corrected chi connectivity index (χ2v) is 9.45. The predicted octanol–water partition coefficient (Wildman–Crippen LogP) is 5.82. The average Bonchev–Trinajstić information content (AvgIpc) is 3.47. The number of nitrogens with zero attached hydrogens (tertiary/aromatic N) is 2. The van der Waals surface area contributed by atoms with E-state index >= 15 is 0 Å². The summed E-state index contributed by atoms with van der Waals surface area (Å²) in [6.07, 6.45) is -0.396. The van der Waals surface area contributed by atoms with E-state index in [9.17, 15) is 14.0 Å². The molecule has 3 aromatic carbocycles. The van der Waals surface area contributed by atoms with E-state index in [4.69, 9.17) is 25.8 Å². The lowest BCUT2D eigenvalue weighted by Crippen LogP contribution is -2.32. The Balaban J connectivity index is 1.37. The van der Waals surface area contributed by atoms with Crippen LogP contribution in [0.1, 0.15) is 44.5 Å². The van der Waals surface area contributed by atoms with Crippen molar-refractivity contribution in [3.63, 3.8) is 0 Å². The maximum absolute atomic E-state index is 14.1.